The molecule has 0 heterocycles. The minimum atomic E-state index is -0.0975. The molecule has 0 saturated heterocycles. The minimum Gasteiger partial charge on any atom is -0.492 e. The lowest BCUT2D eigenvalue weighted by atomic mass is 10.3. The number of amides is 1. The van der Waals surface area contributed by atoms with Crippen LogP contribution in [0, 0.1) is 0 Å². The van der Waals surface area contributed by atoms with E-state index < -0.39 is 0 Å². The highest BCUT2D eigenvalue weighted by atomic mass is 35.5. The summed E-state index contributed by atoms with van der Waals surface area (Å²) in [6, 6.07) is 7.08. The number of hydrogen-bond donors (Lipinski definition) is 1. The van der Waals surface area contributed by atoms with Gasteiger partial charge in [-0.3, -0.25) is 4.79 Å². The molecule has 4 nitrogen and oxygen atoms in total. The Kier molecular flexibility index (Phi) is 5.08. The number of ether oxygens (including phenoxy) is 1. The van der Waals surface area contributed by atoms with E-state index in [-0.39, 0.29) is 12.5 Å². The van der Waals surface area contributed by atoms with Gasteiger partial charge in [-0.2, -0.15) is 0 Å². The van der Waals surface area contributed by atoms with Gasteiger partial charge in [-0.05, 0) is 24.3 Å². The Hall–Kier alpha value is -1.26. The van der Waals surface area contributed by atoms with Gasteiger partial charge < -0.3 is 15.4 Å². The molecule has 0 unspecified atom stereocenters. The molecule has 0 aliphatic heterocycles. The summed E-state index contributed by atoms with van der Waals surface area (Å²) >= 11 is 5.73. The van der Waals surface area contributed by atoms with Gasteiger partial charge in [0, 0.05) is 12.1 Å². The standard InChI is InChI=1S/C11H15ClN2O2/c1-14(11(15)8-13)6-7-16-10-4-2-9(12)3-5-10/h2-5H,6-8,13H2,1H3. The predicted molar refractivity (Wildman–Crippen MR) is 63.6 cm³/mol. The molecule has 0 radical (unpaired) electrons. The molecule has 0 aromatic heterocycles. The summed E-state index contributed by atoms with van der Waals surface area (Å²) in [5.41, 5.74) is 5.23. The van der Waals surface area contributed by atoms with E-state index in [0.717, 1.165) is 5.75 Å². The molecule has 0 aliphatic carbocycles. The van der Waals surface area contributed by atoms with Crippen molar-refractivity contribution in [3.8, 4) is 5.75 Å². The molecule has 1 rings (SSSR count). The maximum atomic E-state index is 11.1. The van der Waals surface area contributed by atoms with E-state index in [0.29, 0.717) is 18.2 Å². The smallest absolute Gasteiger partial charge is 0.236 e. The molecule has 2 N–H and O–H groups in total. The van der Waals surface area contributed by atoms with Crippen molar-refractivity contribution in [1.29, 1.82) is 0 Å². The van der Waals surface area contributed by atoms with Crippen molar-refractivity contribution in [3.05, 3.63) is 29.3 Å². The van der Waals surface area contributed by atoms with Crippen LogP contribution in [0.2, 0.25) is 5.02 Å². The normalized spacial score (nSPS) is 9.94. The maximum Gasteiger partial charge on any atom is 0.236 e. The van der Waals surface area contributed by atoms with Crippen LogP contribution in [0.1, 0.15) is 0 Å². The van der Waals surface area contributed by atoms with Gasteiger partial charge >= 0.3 is 0 Å². The summed E-state index contributed by atoms with van der Waals surface area (Å²) in [4.78, 5) is 12.7. The van der Waals surface area contributed by atoms with Gasteiger partial charge in [0.05, 0.1) is 13.1 Å². The van der Waals surface area contributed by atoms with Crippen molar-refractivity contribution in [2.24, 2.45) is 5.73 Å². The highest BCUT2D eigenvalue weighted by Gasteiger charge is 2.05. The SMILES string of the molecule is CN(CCOc1ccc(Cl)cc1)C(=O)CN. The molecule has 1 aromatic rings. The Morgan fingerprint density at radius 3 is 2.62 bits per heavy atom. The summed E-state index contributed by atoms with van der Waals surface area (Å²) in [6.07, 6.45) is 0. The molecule has 1 aromatic carbocycles. The van der Waals surface area contributed by atoms with Crippen molar-refractivity contribution >= 4 is 17.5 Å². The number of likely N-dealkylation sites (N-methyl/N-ethyl adjacent to an activating group) is 1. The number of benzene rings is 1. The summed E-state index contributed by atoms with van der Waals surface area (Å²) in [5, 5.41) is 0.669. The molecule has 0 spiro atoms. The highest BCUT2D eigenvalue weighted by Crippen LogP contribution is 2.15. The average molecular weight is 243 g/mol. The van der Waals surface area contributed by atoms with Gasteiger partial charge in [0.1, 0.15) is 12.4 Å². The Labute approximate surface area is 99.9 Å². The average Bonchev–Trinajstić information content (AvgIpc) is 2.30. The zero-order valence-corrected chi connectivity index (χ0v) is 9.91. The van der Waals surface area contributed by atoms with Crippen molar-refractivity contribution < 1.29 is 9.53 Å². The number of halogens is 1. The number of hydrogen-bond acceptors (Lipinski definition) is 3. The van der Waals surface area contributed by atoms with E-state index >= 15 is 0 Å². The lowest BCUT2D eigenvalue weighted by Gasteiger charge is -2.16. The molecule has 5 heteroatoms. The number of carbonyl (C=O) groups is 1. The molecule has 16 heavy (non-hydrogen) atoms. The van der Waals surface area contributed by atoms with Crippen molar-refractivity contribution in [2.45, 2.75) is 0 Å². The van der Waals surface area contributed by atoms with Crippen molar-refractivity contribution in [1.82, 2.24) is 4.90 Å². The zero-order valence-electron chi connectivity index (χ0n) is 9.15. The van der Waals surface area contributed by atoms with Gasteiger partial charge in [0.2, 0.25) is 5.91 Å². The third kappa shape index (κ3) is 4.08. The molecule has 0 aliphatic rings. The van der Waals surface area contributed by atoms with Crippen LogP contribution in [0.3, 0.4) is 0 Å². The summed E-state index contributed by atoms with van der Waals surface area (Å²) < 4.78 is 5.43. The van der Waals surface area contributed by atoms with Gasteiger partial charge in [0.15, 0.2) is 0 Å². The summed E-state index contributed by atoms with van der Waals surface area (Å²) in [5.74, 6) is 0.637. The van der Waals surface area contributed by atoms with Crippen LogP contribution in [0.15, 0.2) is 24.3 Å². The summed E-state index contributed by atoms with van der Waals surface area (Å²) in [6.45, 7) is 0.972. The fourth-order valence-corrected chi connectivity index (χ4v) is 1.24. The van der Waals surface area contributed by atoms with Crippen LogP contribution in [0.4, 0.5) is 0 Å². The maximum absolute atomic E-state index is 11.1. The van der Waals surface area contributed by atoms with Gasteiger partial charge in [-0.15, -0.1) is 0 Å². The number of nitrogens with two attached hydrogens (primary N) is 1. The fourth-order valence-electron chi connectivity index (χ4n) is 1.11. The first-order chi connectivity index (χ1) is 7.63. The first-order valence-electron chi connectivity index (χ1n) is 4.96. The van der Waals surface area contributed by atoms with Crippen LogP contribution in [-0.2, 0) is 4.79 Å². The zero-order chi connectivity index (χ0) is 12.0. The second-order valence-corrected chi connectivity index (χ2v) is 3.76. The number of rotatable bonds is 5. The van der Waals surface area contributed by atoms with Gasteiger partial charge in [0.25, 0.3) is 0 Å². The van der Waals surface area contributed by atoms with E-state index in [1.54, 1.807) is 31.3 Å². The molecular formula is C11H15ClN2O2. The third-order valence-electron chi connectivity index (χ3n) is 2.11. The fraction of sp³-hybridized carbons (Fsp3) is 0.364. The van der Waals surface area contributed by atoms with Crippen LogP contribution < -0.4 is 10.5 Å². The van der Waals surface area contributed by atoms with Crippen LogP contribution in [0.5, 0.6) is 5.75 Å². The quantitative estimate of drug-likeness (QED) is 0.842. The largest absolute Gasteiger partial charge is 0.492 e. The second kappa shape index (κ2) is 6.35. The van der Waals surface area contributed by atoms with Crippen LogP contribution >= 0.6 is 11.6 Å². The number of nitrogens with zero attached hydrogens (tertiary/aromatic N) is 1. The Morgan fingerprint density at radius 2 is 2.06 bits per heavy atom. The Bertz CT molecular complexity index is 340. The van der Waals surface area contributed by atoms with E-state index in [9.17, 15) is 4.79 Å². The summed E-state index contributed by atoms with van der Waals surface area (Å²) in [7, 11) is 1.69. The monoisotopic (exact) mass is 242 g/mol. The molecule has 88 valence electrons. The predicted octanol–water partition coefficient (Wildman–Crippen LogP) is 1.14. The third-order valence-corrected chi connectivity index (χ3v) is 2.36. The minimum absolute atomic E-state index is 0.0252. The van der Waals surface area contributed by atoms with Crippen molar-refractivity contribution in [2.75, 3.05) is 26.7 Å². The Morgan fingerprint density at radius 1 is 1.44 bits per heavy atom. The second-order valence-electron chi connectivity index (χ2n) is 3.32. The van der Waals surface area contributed by atoms with E-state index in [1.807, 2.05) is 0 Å². The molecular weight excluding hydrogens is 228 g/mol. The van der Waals surface area contributed by atoms with Crippen molar-refractivity contribution in [3.63, 3.8) is 0 Å². The first kappa shape index (κ1) is 12.8. The lowest BCUT2D eigenvalue weighted by Crippen LogP contribution is -2.35. The van der Waals surface area contributed by atoms with Gasteiger partial charge in [-0.25, -0.2) is 0 Å². The van der Waals surface area contributed by atoms with Crippen LogP contribution in [0.25, 0.3) is 0 Å². The van der Waals surface area contributed by atoms with E-state index in [1.165, 1.54) is 4.90 Å². The van der Waals surface area contributed by atoms with Crippen LogP contribution in [-0.4, -0.2) is 37.6 Å². The molecule has 0 saturated carbocycles. The molecule has 0 atom stereocenters. The first-order valence-corrected chi connectivity index (χ1v) is 5.33. The van der Waals surface area contributed by atoms with E-state index in [2.05, 4.69) is 0 Å². The Balaban J connectivity index is 2.30. The topological polar surface area (TPSA) is 55.6 Å². The molecule has 0 bridgehead atoms. The number of carbonyl (C=O) groups excluding carboxylic acids is 1. The van der Waals surface area contributed by atoms with Gasteiger partial charge in [-0.1, -0.05) is 11.6 Å². The molecule has 0 fully saturated rings. The molecule has 1 amide bonds. The van der Waals surface area contributed by atoms with E-state index in [4.69, 9.17) is 22.1 Å². The lowest BCUT2D eigenvalue weighted by molar-refractivity contribution is -0.128. The highest BCUT2D eigenvalue weighted by molar-refractivity contribution is 6.30.